The lowest BCUT2D eigenvalue weighted by atomic mass is 9.86. The Kier molecular flexibility index (Phi) is 3.74. The van der Waals surface area contributed by atoms with Crippen molar-refractivity contribution in [3.8, 4) is 0 Å². The van der Waals surface area contributed by atoms with Crippen LogP contribution in [0.15, 0.2) is 0 Å². The molecule has 2 aliphatic rings. The summed E-state index contributed by atoms with van der Waals surface area (Å²) in [5.74, 6) is 1.42. The van der Waals surface area contributed by atoms with Gasteiger partial charge in [0.1, 0.15) is 0 Å². The second-order valence-corrected chi connectivity index (χ2v) is 4.56. The topological polar surface area (TPSA) is 40.5 Å². The molecule has 0 aromatic heterocycles. The molecule has 0 spiro atoms. The number of hydrogen-bond acceptors (Lipinski definition) is 2. The van der Waals surface area contributed by atoms with Crippen LogP contribution in [0.2, 0.25) is 0 Å². The molecule has 2 N–H and O–H groups in total. The zero-order valence-electron chi connectivity index (χ0n) is 8.90. The van der Waals surface area contributed by atoms with Gasteiger partial charge in [-0.15, -0.1) is 0 Å². The van der Waals surface area contributed by atoms with Gasteiger partial charge in [-0.1, -0.05) is 27.2 Å². The van der Waals surface area contributed by atoms with Crippen molar-refractivity contribution >= 4 is 0 Å². The third-order valence-electron chi connectivity index (χ3n) is 3.25. The first-order valence-electron chi connectivity index (χ1n) is 5.47. The highest BCUT2D eigenvalue weighted by Gasteiger charge is 2.49. The molecule has 0 aromatic carbocycles. The molecule has 0 radical (unpaired) electrons. The van der Waals surface area contributed by atoms with Crippen LogP contribution in [-0.4, -0.2) is 22.4 Å². The molecule has 2 bridgehead atoms. The second kappa shape index (κ2) is 4.43. The number of aliphatic hydroxyl groups excluding tert-OH is 2. The van der Waals surface area contributed by atoms with E-state index in [-0.39, 0.29) is 0 Å². The maximum absolute atomic E-state index is 9.41. The summed E-state index contributed by atoms with van der Waals surface area (Å²) in [4.78, 5) is 0. The number of fused-ring (bicyclic) bond motifs is 2. The number of hydrogen-bond donors (Lipinski definition) is 2. The fraction of sp³-hybridized carbons (Fsp3) is 1.00. The Labute approximate surface area is 81.0 Å². The summed E-state index contributed by atoms with van der Waals surface area (Å²) in [6, 6.07) is 0. The summed E-state index contributed by atoms with van der Waals surface area (Å²) < 4.78 is 0. The average Bonchev–Trinajstić information content (AvgIpc) is 2.55. The summed E-state index contributed by atoms with van der Waals surface area (Å²) in [6.45, 7) is 6.42. The highest BCUT2D eigenvalue weighted by Crippen LogP contribution is 2.48. The van der Waals surface area contributed by atoms with E-state index >= 15 is 0 Å². The molecule has 0 saturated heterocycles. The van der Waals surface area contributed by atoms with Gasteiger partial charge in [0.15, 0.2) is 0 Å². The van der Waals surface area contributed by atoms with Crippen LogP contribution in [0.1, 0.15) is 40.0 Å². The fourth-order valence-electron chi connectivity index (χ4n) is 2.62. The van der Waals surface area contributed by atoms with E-state index in [9.17, 15) is 10.2 Å². The van der Waals surface area contributed by atoms with Crippen LogP contribution >= 0.6 is 0 Å². The van der Waals surface area contributed by atoms with E-state index in [1.165, 1.54) is 6.42 Å². The van der Waals surface area contributed by atoms with Crippen LogP contribution in [-0.2, 0) is 0 Å². The minimum atomic E-state index is -0.422. The smallest absolute Gasteiger partial charge is 0.0832 e. The van der Waals surface area contributed by atoms with Crippen LogP contribution in [0.4, 0.5) is 0 Å². The molecular formula is C11H22O2. The highest BCUT2D eigenvalue weighted by molar-refractivity contribution is 4.99. The fourth-order valence-corrected chi connectivity index (χ4v) is 2.62. The molecule has 0 aliphatic heterocycles. The summed E-state index contributed by atoms with van der Waals surface area (Å²) in [5.41, 5.74) is 0. The molecule has 2 nitrogen and oxygen atoms in total. The molecule has 2 heteroatoms. The number of rotatable bonds is 0. The predicted molar refractivity (Wildman–Crippen MR) is 53.4 cm³/mol. The van der Waals surface area contributed by atoms with Crippen molar-refractivity contribution < 1.29 is 10.2 Å². The van der Waals surface area contributed by atoms with Crippen LogP contribution in [0.25, 0.3) is 0 Å². The average molecular weight is 186 g/mol. The molecule has 13 heavy (non-hydrogen) atoms. The quantitative estimate of drug-likeness (QED) is 0.605. The van der Waals surface area contributed by atoms with E-state index in [0.717, 1.165) is 12.8 Å². The molecule has 2 fully saturated rings. The Morgan fingerprint density at radius 2 is 1.62 bits per heavy atom. The molecule has 5 unspecified atom stereocenters. The third kappa shape index (κ3) is 2.05. The van der Waals surface area contributed by atoms with Gasteiger partial charge in [-0.3, -0.25) is 0 Å². The van der Waals surface area contributed by atoms with Crippen molar-refractivity contribution in [3.05, 3.63) is 0 Å². The molecule has 0 aromatic rings. The Hall–Kier alpha value is -0.0800. The van der Waals surface area contributed by atoms with Gasteiger partial charge in [-0.05, 0) is 30.6 Å². The first-order chi connectivity index (χ1) is 6.11. The van der Waals surface area contributed by atoms with Gasteiger partial charge in [-0.2, -0.15) is 0 Å². The predicted octanol–water partition coefficient (Wildman–Crippen LogP) is 1.80. The van der Waals surface area contributed by atoms with E-state index in [0.29, 0.717) is 17.8 Å². The molecule has 2 saturated carbocycles. The zero-order chi connectivity index (χ0) is 10.0. The van der Waals surface area contributed by atoms with Gasteiger partial charge in [0.25, 0.3) is 0 Å². The Morgan fingerprint density at radius 3 is 1.92 bits per heavy atom. The molecule has 78 valence electrons. The second-order valence-electron chi connectivity index (χ2n) is 4.56. The first kappa shape index (κ1) is 11.0. The van der Waals surface area contributed by atoms with Gasteiger partial charge in [0.2, 0.25) is 0 Å². The van der Waals surface area contributed by atoms with Crippen LogP contribution < -0.4 is 0 Å². The highest BCUT2D eigenvalue weighted by atomic mass is 16.3. The largest absolute Gasteiger partial charge is 0.390 e. The van der Waals surface area contributed by atoms with Crippen molar-refractivity contribution in [3.63, 3.8) is 0 Å². The van der Waals surface area contributed by atoms with Gasteiger partial charge >= 0.3 is 0 Å². The van der Waals surface area contributed by atoms with Crippen molar-refractivity contribution in [2.75, 3.05) is 0 Å². The molecular weight excluding hydrogens is 164 g/mol. The van der Waals surface area contributed by atoms with Gasteiger partial charge in [0, 0.05) is 0 Å². The minimum Gasteiger partial charge on any atom is -0.390 e. The van der Waals surface area contributed by atoms with Crippen molar-refractivity contribution in [1.29, 1.82) is 0 Å². The molecule has 0 amide bonds. The SMILES string of the molecule is CC1CC2CC1C(O)C2O.CCC. The normalized spacial score (nSPS) is 47.3. The standard InChI is InChI=1S/C8H14O2.C3H8/c1-4-2-5-3-6(4)8(10)7(5)9;1-3-2/h4-10H,2-3H2,1H3;3H2,1-2H3. The van der Waals surface area contributed by atoms with Crippen molar-refractivity contribution in [2.45, 2.75) is 52.2 Å². The molecule has 0 heterocycles. The van der Waals surface area contributed by atoms with E-state index < -0.39 is 12.2 Å². The minimum absolute atomic E-state index is 0.389. The Balaban J connectivity index is 0.000000251. The summed E-state index contributed by atoms with van der Waals surface area (Å²) in [7, 11) is 0. The molecule has 2 aliphatic carbocycles. The maximum Gasteiger partial charge on any atom is 0.0832 e. The molecule has 5 atom stereocenters. The molecule has 2 rings (SSSR count). The summed E-state index contributed by atoms with van der Waals surface area (Å²) >= 11 is 0. The summed E-state index contributed by atoms with van der Waals surface area (Å²) in [5, 5.41) is 18.8. The maximum atomic E-state index is 9.41. The van der Waals surface area contributed by atoms with E-state index in [1.807, 2.05) is 0 Å². The Bertz CT molecular complexity index is 156. The lowest BCUT2D eigenvalue weighted by Crippen LogP contribution is -2.35. The number of aliphatic hydroxyl groups is 2. The lowest BCUT2D eigenvalue weighted by Gasteiger charge is -2.26. The first-order valence-corrected chi connectivity index (χ1v) is 5.47. The van der Waals surface area contributed by atoms with Crippen molar-refractivity contribution in [1.82, 2.24) is 0 Å². The van der Waals surface area contributed by atoms with Crippen LogP contribution in [0.3, 0.4) is 0 Å². The van der Waals surface area contributed by atoms with E-state index in [1.54, 1.807) is 0 Å². The Morgan fingerprint density at radius 1 is 1.08 bits per heavy atom. The lowest BCUT2D eigenvalue weighted by molar-refractivity contribution is -0.0309. The van der Waals surface area contributed by atoms with Crippen LogP contribution in [0, 0.1) is 17.8 Å². The van der Waals surface area contributed by atoms with Crippen LogP contribution in [0.5, 0.6) is 0 Å². The van der Waals surface area contributed by atoms with Crippen molar-refractivity contribution in [2.24, 2.45) is 17.8 Å². The third-order valence-corrected chi connectivity index (χ3v) is 3.25. The van der Waals surface area contributed by atoms with Gasteiger partial charge in [0.05, 0.1) is 12.2 Å². The van der Waals surface area contributed by atoms with Gasteiger partial charge < -0.3 is 10.2 Å². The van der Waals surface area contributed by atoms with Gasteiger partial charge in [-0.25, -0.2) is 0 Å². The van der Waals surface area contributed by atoms with E-state index in [2.05, 4.69) is 20.8 Å². The summed E-state index contributed by atoms with van der Waals surface area (Å²) in [6.07, 6.45) is 2.57. The zero-order valence-corrected chi connectivity index (χ0v) is 8.90. The monoisotopic (exact) mass is 186 g/mol. The van der Waals surface area contributed by atoms with E-state index in [4.69, 9.17) is 0 Å².